The number of nitrogens with one attached hydrogen (secondary N) is 1. The van der Waals surface area contributed by atoms with Gasteiger partial charge in [-0.15, -0.1) is 11.3 Å². The van der Waals surface area contributed by atoms with Crippen LogP contribution in [0.25, 0.3) is 10.2 Å². The largest absolute Gasteiger partial charge is 0.383 e. The van der Waals surface area contributed by atoms with E-state index in [-0.39, 0.29) is 29.7 Å². The number of rotatable bonds is 9. The number of H-pyrrole nitrogens is 1. The van der Waals surface area contributed by atoms with Gasteiger partial charge in [-0.05, 0) is 23.4 Å². The van der Waals surface area contributed by atoms with Crippen LogP contribution in [0.15, 0.2) is 62.7 Å². The molecule has 11 heteroatoms. The number of nitrogens with two attached hydrogens (primary N) is 1. The summed E-state index contributed by atoms with van der Waals surface area (Å²) in [5.41, 5.74) is 5.88. The van der Waals surface area contributed by atoms with Gasteiger partial charge >= 0.3 is 5.69 Å². The number of hydrogen-bond donors (Lipinski definition) is 2. The number of carbonyl (C=O) groups excluding carboxylic acids is 1. The van der Waals surface area contributed by atoms with Crippen LogP contribution in [-0.4, -0.2) is 37.7 Å². The minimum Gasteiger partial charge on any atom is -0.383 e. The van der Waals surface area contributed by atoms with Crippen LogP contribution < -0.4 is 21.9 Å². The molecule has 4 rings (SSSR count). The van der Waals surface area contributed by atoms with Gasteiger partial charge in [-0.2, -0.15) is 0 Å². The minimum absolute atomic E-state index is 0.00190. The zero-order chi connectivity index (χ0) is 24.1. The van der Waals surface area contributed by atoms with Gasteiger partial charge in [0.1, 0.15) is 22.0 Å². The molecular formula is C23H24N6O3S2. The smallest absolute Gasteiger partial charge is 0.330 e. The third-order valence-electron chi connectivity index (χ3n) is 5.26. The number of unbranched alkanes of at least 4 members (excludes halogenated alkanes) is 1. The fraction of sp³-hybridized carbons (Fsp3) is 0.261. The Hall–Kier alpha value is -3.44. The highest BCUT2D eigenvalue weighted by Crippen LogP contribution is 2.28. The van der Waals surface area contributed by atoms with E-state index in [9.17, 15) is 14.4 Å². The lowest BCUT2D eigenvalue weighted by molar-refractivity contribution is -0.116. The van der Waals surface area contributed by atoms with E-state index in [1.807, 2.05) is 48.7 Å². The predicted octanol–water partition coefficient (Wildman–Crippen LogP) is 3.10. The first-order valence-electron chi connectivity index (χ1n) is 10.8. The number of amides is 1. The number of aromatic nitrogens is 4. The first-order valence-corrected chi connectivity index (χ1v) is 12.6. The number of benzene rings is 1. The first kappa shape index (κ1) is 23.7. The van der Waals surface area contributed by atoms with Crippen LogP contribution in [0.5, 0.6) is 0 Å². The Bertz CT molecular complexity index is 1410. The van der Waals surface area contributed by atoms with Gasteiger partial charge < -0.3 is 10.6 Å². The second kappa shape index (κ2) is 10.7. The molecule has 0 aliphatic rings. The summed E-state index contributed by atoms with van der Waals surface area (Å²) in [6.07, 6.45) is 2.97. The normalized spacial score (nSPS) is 11.1. The molecule has 1 amide bonds. The molecule has 34 heavy (non-hydrogen) atoms. The van der Waals surface area contributed by atoms with Crippen molar-refractivity contribution < 1.29 is 4.79 Å². The number of thiophene rings is 1. The highest BCUT2D eigenvalue weighted by Gasteiger charge is 2.24. The monoisotopic (exact) mass is 496 g/mol. The van der Waals surface area contributed by atoms with Gasteiger partial charge in [0.2, 0.25) is 5.91 Å². The molecule has 176 valence electrons. The maximum Gasteiger partial charge on any atom is 0.330 e. The Kier molecular flexibility index (Phi) is 7.43. The second-order valence-corrected chi connectivity index (χ2v) is 9.43. The van der Waals surface area contributed by atoms with Gasteiger partial charge in [0, 0.05) is 11.9 Å². The maximum atomic E-state index is 13.3. The first-order chi connectivity index (χ1) is 16.5. The fourth-order valence-electron chi connectivity index (χ4n) is 3.53. The summed E-state index contributed by atoms with van der Waals surface area (Å²) in [5, 5.41) is 3.51. The Morgan fingerprint density at radius 3 is 2.76 bits per heavy atom. The number of hydrogen-bond acceptors (Lipinski definition) is 8. The molecule has 0 saturated heterocycles. The molecular weight excluding hydrogens is 472 g/mol. The van der Waals surface area contributed by atoms with Crippen LogP contribution in [0, 0.1) is 0 Å². The van der Waals surface area contributed by atoms with Crippen molar-refractivity contribution in [3.8, 4) is 0 Å². The van der Waals surface area contributed by atoms with Gasteiger partial charge in [0.15, 0.2) is 5.69 Å². The average Bonchev–Trinajstić information content (AvgIpc) is 3.32. The average molecular weight is 497 g/mol. The van der Waals surface area contributed by atoms with Gasteiger partial charge in [-0.25, -0.2) is 14.8 Å². The molecule has 4 aromatic rings. The van der Waals surface area contributed by atoms with Crippen molar-refractivity contribution >= 4 is 50.7 Å². The molecule has 3 aromatic heterocycles. The molecule has 3 N–H and O–H groups in total. The zero-order valence-electron chi connectivity index (χ0n) is 18.6. The fourth-order valence-corrected chi connectivity index (χ4v) is 5.18. The van der Waals surface area contributed by atoms with Gasteiger partial charge in [0.05, 0.1) is 12.3 Å². The standard InChI is InChI=1S/C23H24N6O3S2/c1-2-3-10-28(17(30)13-34-22-16-9-11-33-21(16)25-14-26-22)18-19(24)29(23(32)27-20(18)31)12-15-7-5-4-6-8-15/h4-9,11,14H,2-3,10,12-13,24H2,1H3,(H,27,31,32). The van der Waals surface area contributed by atoms with Gasteiger partial charge in [0.25, 0.3) is 5.56 Å². The molecule has 0 aliphatic carbocycles. The quantitative estimate of drug-likeness (QED) is 0.269. The van der Waals surface area contributed by atoms with Crippen molar-refractivity contribution in [2.75, 3.05) is 22.9 Å². The van der Waals surface area contributed by atoms with Crippen molar-refractivity contribution in [3.63, 3.8) is 0 Å². The summed E-state index contributed by atoms with van der Waals surface area (Å²) in [4.78, 5) is 51.8. The summed E-state index contributed by atoms with van der Waals surface area (Å²) in [5.74, 6) is -0.264. The Morgan fingerprint density at radius 2 is 2.00 bits per heavy atom. The third kappa shape index (κ3) is 5.05. The lowest BCUT2D eigenvalue weighted by Gasteiger charge is -2.24. The summed E-state index contributed by atoms with van der Waals surface area (Å²) in [6.45, 7) is 2.48. The maximum absolute atomic E-state index is 13.3. The molecule has 0 unspecified atom stereocenters. The topological polar surface area (TPSA) is 127 Å². The minimum atomic E-state index is -0.677. The number of nitrogen functional groups attached to an aromatic ring is 1. The Labute approximate surface area is 203 Å². The molecule has 1 aromatic carbocycles. The van der Waals surface area contributed by atoms with Crippen molar-refractivity contribution in [2.24, 2.45) is 0 Å². The van der Waals surface area contributed by atoms with E-state index >= 15 is 0 Å². The van der Waals surface area contributed by atoms with Crippen LogP contribution in [0.1, 0.15) is 25.3 Å². The number of thioether (sulfide) groups is 1. The summed E-state index contributed by atoms with van der Waals surface area (Å²) < 4.78 is 1.28. The lowest BCUT2D eigenvalue weighted by atomic mass is 10.2. The van der Waals surface area contributed by atoms with Crippen molar-refractivity contribution in [1.29, 1.82) is 0 Å². The van der Waals surface area contributed by atoms with Crippen molar-refractivity contribution in [1.82, 2.24) is 19.5 Å². The van der Waals surface area contributed by atoms with E-state index in [1.54, 1.807) is 0 Å². The molecule has 9 nitrogen and oxygen atoms in total. The Balaban J connectivity index is 1.65. The summed E-state index contributed by atoms with van der Waals surface area (Å²) in [6, 6.07) is 11.2. The van der Waals surface area contributed by atoms with Crippen LogP contribution in [-0.2, 0) is 11.3 Å². The van der Waals surface area contributed by atoms with Gasteiger partial charge in [-0.1, -0.05) is 55.4 Å². The molecule has 0 bridgehead atoms. The molecule has 0 radical (unpaired) electrons. The zero-order valence-corrected chi connectivity index (χ0v) is 20.2. The van der Waals surface area contributed by atoms with Crippen molar-refractivity contribution in [3.05, 3.63) is 74.5 Å². The summed E-state index contributed by atoms with van der Waals surface area (Å²) >= 11 is 2.79. The molecule has 0 fully saturated rings. The number of fused-ring (bicyclic) bond motifs is 1. The van der Waals surface area contributed by atoms with E-state index in [4.69, 9.17) is 5.73 Å². The SMILES string of the molecule is CCCCN(C(=O)CSc1ncnc2sccc12)c1c(N)n(Cc2ccccc2)c(=O)[nH]c1=O. The molecule has 3 heterocycles. The van der Waals surface area contributed by atoms with Crippen LogP contribution in [0.3, 0.4) is 0 Å². The third-order valence-corrected chi connectivity index (χ3v) is 7.07. The van der Waals surface area contributed by atoms with Crippen LogP contribution >= 0.6 is 23.1 Å². The van der Waals surface area contributed by atoms with E-state index in [0.717, 1.165) is 22.2 Å². The van der Waals surface area contributed by atoms with E-state index in [1.165, 1.54) is 38.9 Å². The molecule has 0 saturated carbocycles. The lowest BCUT2D eigenvalue weighted by Crippen LogP contribution is -2.42. The van der Waals surface area contributed by atoms with E-state index in [2.05, 4.69) is 15.0 Å². The van der Waals surface area contributed by atoms with Crippen LogP contribution in [0.4, 0.5) is 11.5 Å². The highest BCUT2D eigenvalue weighted by atomic mass is 32.2. The predicted molar refractivity (Wildman–Crippen MR) is 137 cm³/mol. The molecule has 0 aliphatic heterocycles. The number of nitrogens with zero attached hydrogens (tertiary/aromatic N) is 4. The van der Waals surface area contributed by atoms with Crippen molar-refractivity contribution in [2.45, 2.75) is 31.3 Å². The van der Waals surface area contributed by atoms with E-state index in [0.29, 0.717) is 18.0 Å². The number of anilines is 2. The molecule has 0 spiro atoms. The second-order valence-electron chi connectivity index (χ2n) is 7.57. The van der Waals surface area contributed by atoms with E-state index < -0.39 is 11.2 Å². The number of carbonyl (C=O) groups is 1. The Morgan fingerprint density at radius 1 is 1.21 bits per heavy atom. The molecule has 0 atom stereocenters. The van der Waals surface area contributed by atoms with Gasteiger partial charge in [-0.3, -0.25) is 19.1 Å². The van der Waals surface area contributed by atoms with Crippen LogP contribution in [0.2, 0.25) is 0 Å². The highest BCUT2D eigenvalue weighted by molar-refractivity contribution is 8.00. The number of aromatic amines is 1. The summed E-state index contributed by atoms with van der Waals surface area (Å²) in [7, 11) is 0.